The summed E-state index contributed by atoms with van der Waals surface area (Å²) in [6.07, 6.45) is 14.7. The van der Waals surface area contributed by atoms with Gasteiger partial charge in [0.15, 0.2) is 0 Å². The number of fused-ring (bicyclic) bond motifs is 1. The number of hydrogen-bond donors (Lipinski definition) is 2. The van der Waals surface area contributed by atoms with Crippen molar-refractivity contribution in [2.75, 3.05) is 0 Å². The minimum Gasteiger partial charge on any atom is -0.271 e. The van der Waals surface area contributed by atoms with Gasteiger partial charge in [0.2, 0.25) is 0 Å². The van der Waals surface area contributed by atoms with Crippen LogP contribution in [0.4, 0.5) is 0 Å². The van der Waals surface area contributed by atoms with Gasteiger partial charge in [0.1, 0.15) is 0 Å². The fourth-order valence-corrected chi connectivity index (χ4v) is 4.34. The first-order valence-electron chi connectivity index (χ1n) is 8.03. The summed E-state index contributed by atoms with van der Waals surface area (Å²) in [6.45, 7) is 3.77. The third-order valence-electron chi connectivity index (χ3n) is 4.21. The highest BCUT2D eigenvalue weighted by Crippen LogP contribution is 2.33. The van der Waals surface area contributed by atoms with E-state index in [1.54, 1.807) is 10.4 Å². The van der Waals surface area contributed by atoms with Gasteiger partial charge in [0.05, 0.1) is 6.04 Å². The van der Waals surface area contributed by atoms with Gasteiger partial charge in [0.25, 0.3) is 0 Å². The molecule has 0 spiro atoms. The predicted molar refractivity (Wildman–Crippen MR) is 88.9 cm³/mol. The Morgan fingerprint density at radius 3 is 2.90 bits per heavy atom. The molecule has 0 aromatic carbocycles. The molecule has 0 radical (unpaired) electrons. The van der Waals surface area contributed by atoms with Gasteiger partial charge >= 0.3 is 0 Å². The average molecular weight is 292 g/mol. The highest BCUT2D eigenvalue weighted by atomic mass is 32.1. The second-order valence-electron chi connectivity index (χ2n) is 5.80. The molecule has 0 saturated carbocycles. The first-order valence-corrected chi connectivity index (χ1v) is 8.85. The highest BCUT2D eigenvalue weighted by Gasteiger charge is 2.17. The van der Waals surface area contributed by atoms with Crippen LogP contribution >= 0.6 is 11.3 Å². The first-order chi connectivity index (χ1) is 9.85. The molecule has 1 unspecified atom stereocenters. The molecule has 0 amide bonds. The quantitative estimate of drug-likeness (QED) is 0.240. The van der Waals surface area contributed by atoms with Crippen LogP contribution in [0.5, 0.6) is 0 Å². The maximum atomic E-state index is 5.77. The predicted octanol–water partition coefficient (Wildman–Crippen LogP) is 4.66. The molecule has 3 N–H and O–H groups in total. The van der Waals surface area contributed by atoms with E-state index in [1.807, 2.05) is 17.4 Å². The third-order valence-corrected chi connectivity index (χ3v) is 5.56. The minimum atomic E-state index is 0.343. The average Bonchev–Trinajstić information content (AvgIpc) is 2.73. The molecular weight excluding hydrogens is 264 g/mol. The van der Waals surface area contributed by atoms with Gasteiger partial charge in [0, 0.05) is 9.75 Å². The molecular formula is C17H28N2S. The zero-order valence-corrected chi connectivity index (χ0v) is 13.3. The summed E-state index contributed by atoms with van der Waals surface area (Å²) in [7, 11) is 0. The second kappa shape index (κ2) is 8.60. The van der Waals surface area contributed by atoms with Crippen LogP contribution in [0.2, 0.25) is 0 Å². The molecule has 0 aliphatic heterocycles. The molecule has 20 heavy (non-hydrogen) atoms. The van der Waals surface area contributed by atoms with Gasteiger partial charge in [-0.15, -0.1) is 17.9 Å². The number of hydrogen-bond acceptors (Lipinski definition) is 3. The van der Waals surface area contributed by atoms with Gasteiger partial charge in [-0.25, -0.2) is 0 Å². The number of unbranched alkanes of at least 4 members (excludes halogenated alkanes) is 3. The monoisotopic (exact) mass is 292 g/mol. The first kappa shape index (κ1) is 15.7. The summed E-state index contributed by atoms with van der Waals surface area (Å²) in [6, 6.07) is 2.76. The van der Waals surface area contributed by atoms with Crippen LogP contribution in [-0.4, -0.2) is 0 Å². The topological polar surface area (TPSA) is 38.0 Å². The summed E-state index contributed by atoms with van der Waals surface area (Å²) in [4.78, 5) is 3.06. The molecule has 2 rings (SSSR count). The van der Waals surface area contributed by atoms with E-state index >= 15 is 0 Å². The van der Waals surface area contributed by atoms with Gasteiger partial charge in [-0.2, -0.15) is 0 Å². The Hall–Kier alpha value is -0.640. The van der Waals surface area contributed by atoms with Crippen molar-refractivity contribution in [2.45, 2.75) is 70.3 Å². The Morgan fingerprint density at radius 2 is 2.10 bits per heavy atom. The van der Waals surface area contributed by atoms with Gasteiger partial charge in [-0.3, -0.25) is 11.3 Å². The smallest absolute Gasteiger partial charge is 0.0553 e. The summed E-state index contributed by atoms with van der Waals surface area (Å²) >= 11 is 1.99. The van der Waals surface area contributed by atoms with Crippen molar-refractivity contribution >= 4 is 11.3 Å². The van der Waals surface area contributed by atoms with Crippen molar-refractivity contribution in [3.05, 3.63) is 34.0 Å². The van der Waals surface area contributed by atoms with E-state index in [2.05, 4.69) is 18.1 Å². The molecule has 1 aliphatic rings. The number of nitrogens with one attached hydrogen (secondary N) is 1. The van der Waals surface area contributed by atoms with E-state index in [0.717, 1.165) is 12.8 Å². The Kier molecular flexibility index (Phi) is 6.77. The molecule has 0 saturated heterocycles. The standard InChI is InChI=1S/C17H28N2S/c1-2-3-4-5-8-11-15(19-18)17-13-14-10-7-6-9-12-16(14)20-17/h2,13,15,19H,1,3-12,18H2. The van der Waals surface area contributed by atoms with Crippen LogP contribution in [0.25, 0.3) is 0 Å². The van der Waals surface area contributed by atoms with Crippen LogP contribution in [0.3, 0.4) is 0 Å². The number of aryl methyl sites for hydroxylation is 2. The van der Waals surface area contributed by atoms with Crippen molar-refractivity contribution < 1.29 is 0 Å². The maximum Gasteiger partial charge on any atom is 0.0553 e. The zero-order valence-electron chi connectivity index (χ0n) is 12.5. The van der Waals surface area contributed by atoms with Crippen LogP contribution in [0.1, 0.15) is 72.7 Å². The fourth-order valence-electron chi connectivity index (χ4n) is 2.98. The SMILES string of the molecule is C=CCCCCCC(NN)c1cc2c(s1)CCCCC2. The Bertz CT molecular complexity index is 388. The van der Waals surface area contributed by atoms with Crippen molar-refractivity contribution in [1.29, 1.82) is 0 Å². The number of hydrazine groups is 1. The van der Waals surface area contributed by atoms with Crippen molar-refractivity contribution in [2.24, 2.45) is 5.84 Å². The minimum absolute atomic E-state index is 0.343. The third kappa shape index (κ3) is 4.44. The van der Waals surface area contributed by atoms with Crippen LogP contribution in [-0.2, 0) is 12.8 Å². The molecule has 1 aliphatic carbocycles. The summed E-state index contributed by atoms with van der Waals surface area (Å²) in [5.74, 6) is 5.77. The Morgan fingerprint density at radius 1 is 1.25 bits per heavy atom. The summed E-state index contributed by atoms with van der Waals surface area (Å²) in [5, 5.41) is 0. The molecule has 1 heterocycles. The molecule has 1 aromatic rings. The van der Waals surface area contributed by atoms with Crippen LogP contribution < -0.4 is 11.3 Å². The number of allylic oxidation sites excluding steroid dienone is 1. The normalized spacial score (nSPS) is 16.4. The molecule has 2 nitrogen and oxygen atoms in total. The van der Waals surface area contributed by atoms with Crippen LogP contribution in [0, 0.1) is 0 Å². The van der Waals surface area contributed by atoms with E-state index < -0.39 is 0 Å². The number of nitrogens with two attached hydrogens (primary N) is 1. The molecule has 0 bridgehead atoms. The van der Waals surface area contributed by atoms with Gasteiger partial charge < -0.3 is 0 Å². The van der Waals surface area contributed by atoms with E-state index in [1.165, 1.54) is 56.2 Å². The van der Waals surface area contributed by atoms with E-state index in [9.17, 15) is 0 Å². The lowest BCUT2D eigenvalue weighted by Gasteiger charge is -2.14. The van der Waals surface area contributed by atoms with E-state index in [-0.39, 0.29) is 0 Å². The largest absolute Gasteiger partial charge is 0.271 e. The van der Waals surface area contributed by atoms with E-state index in [4.69, 9.17) is 5.84 Å². The van der Waals surface area contributed by atoms with Crippen molar-refractivity contribution in [3.8, 4) is 0 Å². The lowest BCUT2D eigenvalue weighted by molar-refractivity contribution is 0.490. The lowest BCUT2D eigenvalue weighted by Crippen LogP contribution is -2.27. The van der Waals surface area contributed by atoms with Crippen LogP contribution in [0.15, 0.2) is 18.7 Å². The summed E-state index contributed by atoms with van der Waals surface area (Å²) < 4.78 is 0. The Balaban J connectivity index is 1.88. The molecule has 1 aromatic heterocycles. The molecule has 0 fully saturated rings. The van der Waals surface area contributed by atoms with E-state index in [0.29, 0.717) is 6.04 Å². The Labute approximate surface area is 127 Å². The van der Waals surface area contributed by atoms with Crippen molar-refractivity contribution in [1.82, 2.24) is 5.43 Å². The second-order valence-corrected chi connectivity index (χ2v) is 6.97. The molecule has 3 heteroatoms. The van der Waals surface area contributed by atoms with Crippen molar-refractivity contribution in [3.63, 3.8) is 0 Å². The van der Waals surface area contributed by atoms with Gasteiger partial charge in [-0.05, 0) is 56.6 Å². The molecule has 112 valence electrons. The number of thiophene rings is 1. The highest BCUT2D eigenvalue weighted by molar-refractivity contribution is 7.12. The zero-order chi connectivity index (χ0) is 14.2. The molecule has 1 atom stereocenters. The number of rotatable bonds is 8. The summed E-state index contributed by atoms with van der Waals surface area (Å²) in [5.41, 5.74) is 4.62. The van der Waals surface area contributed by atoms with Gasteiger partial charge in [-0.1, -0.05) is 25.3 Å². The maximum absolute atomic E-state index is 5.77. The fraction of sp³-hybridized carbons (Fsp3) is 0.647. The lowest BCUT2D eigenvalue weighted by atomic mass is 10.0.